The third kappa shape index (κ3) is 3.33. The lowest BCUT2D eigenvalue weighted by atomic mass is 10.3. The smallest absolute Gasteiger partial charge is 0.232 e. The highest BCUT2D eigenvalue weighted by molar-refractivity contribution is 7.92. The Morgan fingerprint density at radius 1 is 1.39 bits per heavy atom. The first kappa shape index (κ1) is 13.1. The van der Waals surface area contributed by atoms with Crippen molar-refractivity contribution in [3.63, 3.8) is 0 Å². The number of nitrogens with one attached hydrogen (secondary N) is 1. The number of hydrogen-bond donors (Lipinski definition) is 1. The Hall–Kier alpha value is -1.34. The van der Waals surface area contributed by atoms with E-state index in [9.17, 15) is 8.42 Å². The average Bonchev–Trinajstić information content (AvgIpc) is 2.40. The molecule has 1 aromatic heterocycles. The molecule has 1 aromatic rings. The van der Waals surface area contributed by atoms with E-state index in [2.05, 4.69) is 14.6 Å². The summed E-state index contributed by atoms with van der Waals surface area (Å²) < 4.78 is 30.5. The molecule has 2 heterocycles. The van der Waals surface area contributed by atoms with Crippen molar-refractivity contribution in [1.82, 2.24) is 4.98 Å². The lowest BCUT2D eigenvalue weighted by Gasteiger charge is -2.27. The zero-order valence-electron chi connectivity index (χ0n) is 10.3. The largest absolute Gasteiger partial charge is 0.378 e. The summed E-state index contributed by atoms with van der Waals surface area (Å²) in [5, 5.41) is 0. The van der Waals surface area contributed by atoms with Crippen molar-refractivity contribution in [3.8, 4) is 0 Å². The number of aromatic nitrogens is 1. The lowest BCUT2D eigenvalue weighted by molar-refractivity contribution is 0.122. The Kier molecular flexibility index (Phi) is 4.03. The summed E-state index contributed by atoms with van der Waals surface area (Å²) >= 11 is 0. The molecule has 6 nitrogen and oxygen atoms in total. The second-order valence-corrected chi connectivity index (χ2v) is 6.02. The molecule has 0 unspecified atom stereocenters. The van der Waals surface area contributed by atoms with E-state index in [1.54, 1.807) is 13.0 Å². The van der Waals surface area contributed by atoms with Crippen LogP contribution in [0.15, 0.2) is 18.3 Å². The molecule has 0 spiro atoms. The molecule has 0 aliphatic carbocycles. The molecular weight excluding hydrogens is 254 g/mol. The summed E-state index contributed by atoms with van der Waals surface area (Å²) in [6, 6.07) is 3.55. The van der Waals surface area contributed by atoms with Gasteiger partial charge in [0, 0.05) is 13.1 Å². The second-order valence-electron chi connectivity index (χ2n) is 4.01. The Labute approximate surface area is 107 Å². The van der Waals surface area contributed by atoms with E-state index in [-0.39, 0.29) is 5.75 Å². The van der Waals surface area contributed by atoms with Crippen LogP contribution < -0.4 is 9.62 Å². The zero-order chi connectivity index (χ0) is 13.0. The van der Waals surface area contributed by atoms with E-state index < -0.39 is 10.0 Å². The molecule has 0 atom stereocenters. The lowest BCUT2D eigenvalue weighted by Crippen LogP contribution is -2.36. The van der Waals surface area contributed by atoms with Crippen LogP contribution in [-0.4, -0.2) is 45.5 Å². The number of sulfonamides is 1. The average molecular weight is 271 g/mol. The maximum atomic E-state index is 11.4. The quantitative estimate of drug-likeness (QED) is 0.872. The van der Waals surface area contributed by atoms with E-state index in [1.807, 2.05) is 6.07 Å². The summed E-state index contributed by atoms with van der Waals surface area (Å²) in [6.45, 7) is 4.62. The number of nitrogens with zero attached hydrogens (tertiary/aromatic N) is 2. The van der Waals surface area contributed by atoms with Crippen molar-refractivity contribution in [2.45, 2.75) is 6.92 Å². The summed E-state index contributed by atoms with van der Waals surface area (Å²) in [5.41, 5.74) is 0.494. The van der Waals surface area contributed by atoms with Crippen molar-refractivity contribution in [1.29, 1.82) is 0 Å². The third-order valence-corrected chi connectivity index (χ3v) is 4.04. The van der Waals surface area contributed by atoms with Crippen LogP contribution in [0.4, 0.5) is 11.5 Å². The molecule has 1 fully saturated rings. The van der Waals surface area contributed by atoms with E-state index >= 15 is 0 Å². The van der Waals surface area contributed by atoms with Gasteiger partial charge in [-0.25, -0.2) is 13.4 Å². The molecule has 18 heavy (non-hydrogen) atoms. The molecule has 1 aliphatic rings. The van der Waals surface area contributed by atoms with Gasteiger partial charge in [0.25, 0.3) is 0 Å². The van der Waals surface area contributed by atoms with Gasteiger partial charge in [0.05, 0.1) is 30.9 Å². The van der Waals surface area contributed by atoms with Gasteiger partial charge in [-0.05, 0) is 19.1 Å². The van der Waals surface area contributed by atoms with Gasteiger partial charge in [0.15, 0.2) is 0 Å². The first-order chi connectivity index (χ1) is 8.61. The fourth-order valence-corrected chi connectivity index (χ4v) is 2.30. The van der Waals surface area contributed by atoms with E-state index in [0.29, 0.717) is 18.9 Å². The standard InChI is InChI=1S/C11H17N3O3S/c1-2-18(15,16)13-10-3-4-11(12-9-10)14-5-7-17-8-6-14/h3-4,9,13H,2,5-8H2,1H3. The van der Waals surface area contributed by atoms with Crippen LogP contribution in [0.2, 0.25) is 0 Å². The predicted octanol–water partition coefficient (Wildman–Crippen LogP) is 0.680. The molecule has 0 saturated carbocycles. The first-order valence-corrected chi connectivity index (χ1v) is 7.55. The second kappa shape index (κ2) is 5.53. The molecule has 1 saturated heterocycles. The highest BCUT2D eigenvalue weighted by atomic mass is 32.2. The number of ether oxygens (including phenoxy) is 1. The highest BCUT2D eigenvalue weighted by Crippen LogP contribution is 2.16. The van der Waals surface area contributed by atoms with Crippen LogP contribution in [0.5, 0.6) is 0 Å². The fourth-order valence-electron chi connectivity index (χ4n) is 1.68. The topological polar surface area (TPSA) is 71.5 Å². The van der Waals surface area contributed by atoms with Crippen molar-refractivity contribution >= 4 is 21.5 Å². The Morgan fingerprint density at radius 3 is 2.67 bits per heavy atom. The molecule has 0 radical (unpaired) electrons. The van der Waals surface area contributed by atoms with Gasteiger partial charge in [-0.2, -0.15) is 0 Å². The minimum atomic E-state index is -3.23. The molecule has 1 aliphatic heterocycles. The number of hydrogen-bond acceptors (Lipinski definition) is 5. The number of rotatable bonds is 4. The molecule has 1 N–H and O–H groups in total. The summed E-state index contributed by atoms with van der Waals surface area (Å²) in [7, 11) is -3.23. The molecule has 7 heteroatoms. The van der Waals surface area contributed by atoms with Gasteiger partial charge >= 0.3 is 0 Å². The molecule has 0 amide bonds. The number of morpholine rings is 1. The van der Waals surface area contributed by atoms with E-state index in [1.165, 1.54) is 6.20 Å². The molecular formula is C11H17N3O3S. The maximum absolute atomic E-state index is 11.4. The third-order valence-electron chi connectivity index (χ3n) is 2.74. The fraction of sp³-hybridized carbons (Fsp3) is 0.545. The van der Waals surface area contributed by atoms with Crippen LogP contribution >= 0.6 is 0 Å². The zero-order valence-corrected chi connectivity index (χ0v) is 11.1. The van der Waals surface area contributed by atoms with Crippen LogP contribution in [-0.2, 0) is 14.8 Å². The Morgan fingerprint density at radius 2 is 2.11 bits per heavy atom. The SMILES string of the molecule is CCS(=O)(=O)Nc1ccc(N2CCOCC2)nc1. The molecule has 0 aromatic carbocycles. The Bertz CT molecular complexity index is 481. The maximum Gasteiger partial charge on any atom is 0.232 e. The molecule has 2 rings (SSSR count). The van der Waals surface area contributed by atoms with Crippen LogP contribution in [0.3, 0.4) is 0 Å². The van der Waals surface area contributed by atoms with Crippen LogP contribution in [0.25, 0.3) is 0 Å². The summed E-state index contributed by atoms with van der Waals surface area (Å²) in [5.74, 6) is 0.899. The predicted molar refractivity (Wildman–Crippen MR) is 70.4 cm³/mol. The monoisotopic (exact) mass is 271 g/mol. The van der Waals surface area contributed by atoms with E-state index in [0.717, 1.165) is 18.9 Å². The van der Waals surface area contributed by atoms with Crippen LogP contribution in [0.1, 0.15) is 6.92 Å². The first-order valence-electron chi connectivity index (χ1n) is 5.90. The van der Waals surface area contributed by atoms with Gasteiger partial charge in [0.1, 0.15) is 5.82 Å². The van der Waals surface area contributed by atoms with Gasteiger partial charge < -0.3 is 9.64 Å². The molecule has 0 bridgehead atoms. The van der Waals surface area contributed by atoms with Gasteiger partial charge in [-0.3, -0.25) is 4.72 Å². The van der Waals surface area contributed by atoms with Gasteiger partial charge in [-0.1, -0.05) is 0 Å². The highest BCUT2D eigenvalue weighted by Gasteiger charge is 2.12. The minimum Gasteiger partial charge on any atom is -0.378 e. The number of pyridine rings is 1. The summed E-state index contributed by atoms with van der Waals surface area (Å²) in [6.07, 6.45) is 1.54. The molecule has 100 valence electrons. The van der Waals surface area contributed by atoms with Gasteiger partial charge in [-0.15, -0.1) is 0 Å². The normalized spacial score (nSPS) is 16.6. The van der Waals surface area contributed by atoms with Crippen molar-refractivity contribution in [2.75, 3.05) is 41.7 Å². The number of anilines is 2. The van der Waals surface area contributed by atoms with Crippen molar-refractivity contribution < 1.29 is 13.2 Å². The summed E-state index contributed by atoms with van der Waals surface area (Å²) in [4.78, 5) is 6.38. The van der Waals surface area contributed by atoms with Crippen LogP contribution in [0, 0.1) is 0 Å². The van der Waals surface area contributed by atoms with E-state index in [4.69, 9.17) is 4.74 Å². The minimum absolute atomic E-state index is 0.0538. The van der Waals surface area contributed by atoms with Gasteiger partial charge in [0.2, 0.25) is 10.0 Å². The van der Waals surface area contributed by atoms with Crippen molar-refractivity contribution in [3.05, 3.63) is 18.3 Å². The Balaban J connectivity index is 2.05. The van der Waals surface area contributed by atoms with Crippen molar-refractivity contribution in [2.24, 2.45) is 0 Å².